The Kier molecular flexibility index (Phi) is 4.86. The highest BCUT2D eigenvalue weighted by Gasteiger charge is 2.20. The van der Waals surface area contributed by atoms with Crippen LogP contribution >= 0.6 is 0 Å². The number of oxazole rings is 1. The summed E-state index contributed by atoms with van der Waals surface area (Å²) in [7, 11) is 0. The number of hydrogen-bond donors (Lipinski definition) is 2. The first-order chi connectivity index (χ1) is 14.3. The first kappa shape index (κ1) is 18.1. The number of anilines is 3. The molecule has 29 heavy (non-hydrogen) atoms. The highest BCUT2D eigenvalue weighted by molar-refractivity contribution is 5.92. The molecule has 2 saturated heterocycles. The van der Waals surface area contributed by atoms with Gasteiger partial charge in [0.05, 0.1) is 18.9 Å². The summed E-state index contributed by atoms with van der Waals surface area (Å²) in [6, 6.07) is 4.35. The minimum absolute atomic E-state index is 0.143. The summed E-state index contributed by atoms with van der Waals surface area (Å²) < 4.78 is 16.5. The van der Waals surface area contributed by atoms with Crippen molar-refractivity contribution in [2.75, 3.05) is 55.5 Å². The van der Waals surface area contributed by atoms with Gasteiger partial charge in [0.2, 0.25) is 5.95 Å². The summed E-state index contributed by atoms with van der Waals surface area (Å²) >= 11 is 0. The molecule has 0 bridgehead atoms. The van der Waals surface area contributed by atoms with Gasteiger partial charge in [-0.1, -0.05) is 0 Å². The number of morpholine rings is 1. The van der Waals surface area contributed by atoms with Gasteiger partial charge in [-0.3, -0.25) is 0 Å². The third kappa shape index (κ3) is 3.81. The fraction of sp³-hybridized carbons (Fsp3) is 0.474. The lowest BCUT2D eigenvalue weighted by molar-refractivity contribution is 0.0903. The average molecular weight is 397 g/mol. The zero-order valence-corrected chi connectivity index (χ0v) is 16.0. The molecule has 3 N–H and O–H groups in total. The second kappa shape index (κ2) is 7.80. The third-order valence-corrected chi connectivity index (χ3v) is 5.23. The van der Waals surface area contributed by atoms with Gasteiger partial charge < -0.3 is 29.8 Å². The standard InChI is InChI=1S/C19H23N7O3/c20-18-24-16-14(26-3-7-28-8-4-26)9-12(10-15(16)29-18)17-21-11-22-19(25-17)23-13-1-5-27-6-2-13/h9-11,13H,1-8H2,(H2,20,24)(H,21,22,23,25). The number of aromatic nitrogens is 4. The number of rotatable bonds is 4. The van der Waals surface area contributed by atoms with Crippen molar-refractivity contribution in [3.05, 3.63) is 18.5 Å². The van der Waals surface area contributed by atoms with Crippen molar-refractivity contribution in [1.29, 1.82) is 0 Å². The van der Waals surface area contributed by atoms with Gasteiger partial charge in [0.1, 0.15) is 11.8 Å². The van der Waals surface area contributed by atoms with E-state index in [4.69, 9.17) is 19.6 Å². The molecule has 0 atom stereocenters. The van der Waals surface area contributed by atoms with Crippen LogP contribution in [-0.4, -0.2) is 65.5 Å². The van der Waals surface area contributed by atoms with E-state index in [-0.39, 0.29) is 6.01 Å². The van der Waals surface area contributed by atoms with Gasteiger partial charge in [0, 0.05) is 37.9 Å². The quantitative estimate of drug-likeness (QED) is 0.672. The molecule has 0 aliphatic carbocycles. The molecule has 10 nitrogen and oxygen atoms in total. The molecule has 0 saturated carbocycles. The number of hydrogen-bond acceptors (Lipinski definition) is 10. The SMILES string of the molecule is Nc1nc2c(N3CCOCC3)cc(-c3ncnc(NC4CCOCC4)n3)cc2o1. The van der Waals surface area contributed by atoms with E-state index in [0.717, 1.165) is 55.9 Å². The van der Waals surface area contributed by atoms with Crippen molar-refractivity contribution < 1.29 is 13.9 Å². The summed E-state index contributed by atoms with van der Waals surface area (Å²) in [5, 5.41) is 3.39. The zero-order chi connectivity index (χ0) is 19.6. The van der Waals surface area contributed by atoms with Gasteiger partial charge in [-0.05, 0) is 25.0 Å². The number of nitrogens with zero attached hydrogens (tertiary/aromatic N) is 5. The summed E-state index contributed by atoms with van der Waals surface area (Å²) in [5.41, 5.74) is 8.95. The molecule has 4 heterocycles. The van der Waals surface area contributed by atoms with Crippen molar-refractivity contribution in [3.63, 3.8) is 0 Å². The molecule has 2 aliphatic rings. The molecular formula is C19H23N7O3. The van der Waals surface area contributed by atoms with E-state index < -0.39 is 0 Å². The lowest BCUT2D eigenvalue weighted by Gasteiger charge is -2.29. The minimum Gasteiger partial charge on any atom is -0.424 e. The largest absolute Gasteiger partial charge is 0.424 e. The van der Waals surface area contributed by atoms with E-state index in [1.165, 1.54) is 6.33 Å². The molecule has 2 fully saturated rings. The maximum absolute atomic E-state index is 5.82. The van der Waals surface area contributed by atoms with E-state index in [9.17, 15) is 0 Å². The Hall–Kier alpha value is -2.98. The van der Waals surface area contributed by atoms with E-state index in [1.54, 1.807) is 0 Å². The van der Waals surface area contributed by atoms with Crippen LogP contribution in [0.3, 0.4) is 0 Å². The zero-order valence-electron chi connectivity index (χ0n) is 16.0. The predicted molar refractivity (Wildman–Crippen MR) is 108 cm³/mol. The Bertz CT molecular complexity index is 997. The van der Waals surface area contributed by atoms with Gasteiger partial charge in [0.15, 0.2) is 11.4 Å². The average Bonchev–Trinajstić information content (AvgIpc) is 3.15. The van der Waals surface area contributed by atoms with E-state index in [2.05, 4.69) is 30.2 Å². The van der Waals surface area contributed by atoms with Gasteiger partial charge in [-0.2, -0.15) is 9.97 Å². The molecule has 0 radical (unpaired) electrons. The van der Waals surface area contributed by atoms with E-state index in [1.807, 2.05) is 12.1 Å². The number of ether oxygens (including phenoxy) is 2. The normalized spacial score (nSPS) is 18.3. The van der Waals surface area contributed by atoms with Crippen molar-refractivity contribution in [1.82, 2.24) is 19.9 Å². The van der Waals surface area contributed by atoms with E-state index in [0.29, 0.717) is 36.6 Å². The maximum atomic E-state index is 5.82. The molecule has 0 spiro atoms. The maximum Gasteiger partial charge on any atom is 0.293 e. The fourth-order valence-electron chi connectivity index (χ4n) is 3.73. The molecule has 2 aliphatic heterocycles. The lowest BCUT2D eigenvalue weighted by Crippen LogP contribution is -2.36. The summed E-state index contributed by atoms with van der Waals surface area (Å²) in [6.07, 6.45) is 3.40. The summed E-state index contributed by atoms with van der Waals surface area (Å²) in [5.74, 6) is 1.13. The first-order valence-corrected chi connectivity index (χ1v) is 9.83. The topological polar surface area (TPSA) is 124 Å². The molecule has 152 valence electrons. The van der Waals surface area contributed by atoms with Crippen molar-refractivity contribution >= 4 is 28.8 Å². The number of fused-ring (bicyclic) bond motifs is 1. The van der Waals surface area contributed by atoms with Crippen LogP contribution in [0.25, 0.3) is 22.5 Å². The predicted octanol–water partition coefficient (Wildman–Crippen LogP) is 1.69. The van der Waals surface area contributed by atoms with Crippen LogP contribution in [0.5, 0.6) is 0 Å². The molecule has 10 heteroatoms. The van der Waals surface area contributed by atoms with Crippen LogP contribution in [-0.2, 0) is 9.47 Å². The molecule has 3 aromatic rings. The number of nitrogen functional groups attached to an aromatic ring is 1. The highest BCUT2D eigenvalue weighted by Crippen LogP contribution is 2.33. The Morgan fingerprint density at radius 1 is 1.00 bits per heavy atom. The van der Waals surface area contributed by atoms with Crippen LogP contribution in [0.4, 0.5) is 17.7 Å². The Morgan fingerprint density at radius 2 is 1.79 bits per heavy atom. The molecule has 1 aromatic carbocycles. The van der Waals surface area contributed by atoms with Crippen LogP contribution < -0.4 is 16.0 Å². The van der Waals surface area contributed by atoms with Gasteiger partial charge in [-0.15, -0.1) is 0 Å². The van der Waals surface area contributed by atoms with Gasteiger partial charge in [0.25, 0.3) is 6.01 Å². The Balaban J connectivity index is 1.50. The second-order valence-corrected chi connectivity index (χ2v) is 7.16. The lowest BCUT2D eigenvalue weighted by atomic mass is 10.1. The number of nitrogens with one attached hydrogen (secondary N) is 1. The summed E-state index contributed by atoms with van der Waals surface area (Å²) in [6.45, 7) is 4.40. The summed E-state index contributed by atoms with van der Waals surface area (Å²) in [4.78, 5) is 19.9. The monoisotopic (exact) mass is 397 g/mol. The number of benzene rings is 1. The third-order valence-electron chi connectivity index (χ3n) is 5.23. The Labute approximate surface area is 167 Å². The molecular weight excluding hydrogens is 374 g/mol. The van der Waals surface area contributed by atoms with Crippen molar-refractivity contribution in [3.8, 4) is 11.4 Å². The van der Waals surface area contributed by atoms with Gasteiger partial charge >= 0.3 is 0 Å². The van der Waals surface area contributed by atoms with Gasteiger partial charge in [-0.25, -0.2) is 9.97 Å². The Morgan fingerprint density at radius 3 is 2.62 bits per heavy atom. The first-order valence-electron chi connectivity index (χ1n) is 9.83. The van der Waals surface area contributed by atoms with Crippen LogP contribution in [0.1, 0.15) is 12.8 Å². The van der Waals surface area contributed by atoms with Crippen LogP contribution in [0, 0.1) is 0 Å². The highest BCUT2D eigenvalue weighted by atomic mass is 16.5. The van der Waals surface area contributed by atoms with Crippen LogP contribution in [0.15, 0.2) is 22.9 Å². The molecule has 0 unspecified atom stereocenters. The van der Waals surface area contributed by atoms with Crippen molar-refractivity contribution in [2.24, 2.45) is 0 Å². The fourth-order valence-corrected chi connectivity index (χ4v) is 3.73. The molecule has 5 rings (SSSR count). The van der Waals surface area contributed by atoms with E-state index >= 15 is 0 Å². The minimum atomic E-state index is 0.143. The van der Waals surface area contributed by atoms with Crippen molar-refractivity contribution in [2.45, 2.75) is 18.9 Å². The van der Waals surface area contributed by atoms with Crippen LogP contribution in [0.2, 0.25) is 0 Å². The smallest absolute Gasteiger partial charge is 0.293 e. The molecule has 2 aromatic heterocycles. The molecule has 0 amide bonds. The number of nitrogens with two attached hydrogens (primary N) is 1. The second-order valence-electron chi connectivity index (χ2n) is 7.16.